The zero-order valence-electron chi connectivity index (χ0n) is 11.5. The van der Waals surface area contributed by atoms with Gasteiger partial charge in [-0.25, -0.2) is 0 Å². The van der Waals surface area contributed by atoms with Crippen LogP contribution in [0.25, 0.3) is 0 Å². The first kappa shape index (κ1) is 15.5. The number of nitrogens with zero attached hydrogens (tertiary/aromatic N) is 1. The van der Waals surface area contributed by atoms with E-state index in [9.17, 15) is 9.59 Å². The zero-order valence-corrected chi connectivity index (χ0v) is 12.3. The zero-order chi connectivity index (χ0) is 15.2. The van der Waals surface area contributed by atoms with Gasteiger partial charge in [-0.2, -0.15) is 0 Å². The summed E-state index contributed by atoms with van der Waals surface area (Å²) in [5, 5.41) is 15.3. The number of carbonyl (C=O) groups is 2. The second-order valence-corrected chi connectivity index (χ2v) is 5.49. The summed E-state index contributed by atoms with van der Waals surface area (Å²) in [6.07, 6.45) is 2.49. The van der Waals surface area contributed by atoms with Gasteiger partial charge in [-0.3, -0.25) is 9.59 Å². The molecule has 0 radical (unpaired) electrons. The van der Waals surface area contributed by atoms with Crippen molar-refractivity contribution < 1.29 is 14.8 Å². The fraction of sp³-hybridized carbons (Fsp3) is 0.400. The number of oxime groups is 1. The van der Waals surface area contributed by atoms with Gasteiger partial charge >= 0.3 is 0 Å². The van der Waals surface area contributed by atoms with E-state index in [1.54, 1.807) is 24.3 Å². The molecule has 0 spiro atoms. The third-order valence-corrected chi connectivity index (χ3v) is 3.82. The molecule has 21 heavy (non-hydrogen) atoms. The number of nitrogens with one attached hydrogen (secondary N) is 1. The molecule has 2 rings (SSSR count). The van der Waals surface area contributed by atoms with Crippen LogP contribution >= 0.6 is 11.6 Å². The SMILES string of the molecule is O=C(CCC(=O)[C@@H]1CCC/C1=N/O)Nc1ccc(Cl)cc1. The number of hydrogen-bond acceptors (Lipinski definition) is 4. The van der Waals surface area contributed by atoms with E-state index >= 15 is 0 Å². The maximum Gasteiger partial charge on any atom is 0.224 e. The molecule has 0 aromatic heterocycles. The standard InChI is InChI=1S/C15H17ClN2O3/c16-10-4-6-11(7-5-10)17-15(20)9-8-14(19)12-2-1-3-13(12)18-21/h4-7,12,21H,1-3,8-9H2,(H,17,20)/b18-13-/t12-/m1/s1. The lowest BCUT2D eigenvalue weighted by Gasteiger charge is -2.09. The molecule has 6 heteroatoms. The smallest absolute Gasteiger partial charge is 0.224 e. The molecule has 1 atom stereocenters. The van der Waals surface area contributed by atoms with E-state index in [0.29, 0.717) is 29.3 Å². The van der Waals surface area contributed by atoms with Gasteiger partial charge in [0.1, 0.15) is 5.78 Å². The second kappa shape index (κ2) is 7.22. The lowest BCUT2D eigenvalue weighted by Crippen LogP contribution is -2.21. The number of carbonyl (C=O) groups excluding carboxylic acids is 2. The largest absolute Gasteiger partial charge is 0.411 e. The van der Waals surface area contributed by atoms with Crippen LogP contribution in [0.15, 0.2) is 29.4 Å². The minimum absolute atomic E-state index is 0.0356. The van der Waals surface area contributed by atoms with Crippen LogP contribution in [-0.2, 0) is 9.59 Å². The highest BCUT2D eigenvalue weighted by Crippen LogP contribution is 2.25. The minimum atomic E-state index is -0.321. The van der Waals surface area contributed by atoms with Crippen LogP contribution in [0.4, 0.5) is 5.69 Å². The average molecular weight is 309 g/mol. The van der Waals surface area contributed by atoms with E-state index in [4.69, 9.17) is 16.8 Å². The Kier molecular flexibility index (Phi) is 5.33. The van der Waals surface area contributed by atoms with Crippen molar-refractivity contribution in [3.8, 4) is 0 Å². The van der Waals surface area contributed by atoms with Crippen LogP contribution in [0.2, 0.25) is 5.02 Å². The molecular formula is C15H17ClN2O3. The van der Waals surface area contributed by atoms with Crippen molar-refractivity contribution in [3.63, 3.8) is 0 Å². The van der Waals surface area contributed by atoms with E-state index in [0.717, 1.165) is 6.42 Å². The molecule has 1 aliphatic carbocycles. The molecule has 0 bridgehead atoms. The van der Waals surface area contributed by atoms with Crippen LogP contribution in [0.1, 0.15) is 32.1 Å². The van der Waals surface area contributed by atoms with E-state index < -0.39 is 0 Å². The fourth-order valence-electron chi connectivity index (χ4n) is 2.46. The lowest BCUT2D eigenvalue weighted by molar-refractivity contribution is -0.124. The topological polar surface area (TPSA) is 78.8 Å². The van der Waals surface area contributed by atoms with Crippen LogP contribution in [0.3, 0.4) is 0 Å². The molecule has 0 heterocycles. The Balaban J connectivity index is 1.81. The first-order chi connectivity index (χ1) is 10.1. The number of benzene rings is 1. The average Bonchev–Trinajstić information content (AvgIpc) is 2.96. The predicted octanol–water partition coefficient (Wildman–Crippen LogP) is 3.26. The summed E-state index contributed by atoms with van der Waals surface area (Å²) in [5.41, 5.74) is 1.19. The lowest BCUT2D eigenvalue weighted by atomic mass is 9.97. The molecule has 1 fully saturated rings. The van der Waals surface area contributed by atoms with Gasteiger partial charge < -0.3 is 10.5 Å². The molecule has 1 amide bonds. The van der Waals surface area contributed by atoms with Gasteiger partial charge in [-0.15, -0.1) is 0 Å². The van der Waals surface area contributed by atoms with E-state index in [1.165, 1.54) is 0 Å². The Hall–Kier alpha value is -1.88. The van der Waals surface area contributed by atoms with Gasteiger partial charge in [-0.1, -0.05) is 16.8 Å². The molecule has 0 aliphatic heterocycles. The van der Waals surface area contributed by atoms with Gasteiger partial charge in [0.2, 0.25) is 5.91 Å². The van der Waals surface area contributed by atoms with Crippen molar-refractivity contribution in [3.05, 3.63) is 29.3 Å². The molecule has 1 aromatic rings. The van der Waals surface area contributed by atoms with Crippen molar-refractivity contribution in [2.24, 2.45) is 11.1 Å². The van der Waals surface area contributed by atoms with Gasteiger partial charge in [-0.05, 0) is 43.5 Å². The summed E-state index contributed by atoms with van der Waals surface area (Å²) >= 11 is 5.76. The van der Waals surface area contributed by atoms with Crippen LogP contribution in [0, 0.1) is 5.92 Å². The van der Waals surface area contributed by atoms with Gasteiger partial charge in [0, 0.05) is 23.6 Å². The van der Waals surface area contributed by atoms with Crippen LogP contribution in [-0.4, -0.2) is 22.6 Å². The fourth-order valence-corrected chi connectivity index (χ4v) is 2.59. The van der Waals surface area contributed by atoms with Crippen LogP contribution < -0.4 is 5.32 Å². The van der Waals surface area contributed by atoms with E-state index in [2.05, 4.69) is 10.5 Å². The van der Waals surface area contributed by atoms with Crippen molar-refractivity contribution in [2.45, 2.75) is 32.1 Å². The van der Waals surface area contributed by atoms with Gasteiger partial charge in [0.05, 0.1) is 11.6 Å². The normalized spacial score (nSPS) is 19.7. The number of rotatable bonds is 5. The summed E-state index contributed by atoms with van der Waals surface area (Å²) in [6, 6.07) is 6.78. The number of halogens is 1. The molecule has 112 valence electrons. The number of Topliss-reactive ketones (excluding diaryl/α,β-unsaturated/α-hetero) is 1. The molecule has 1 saturated carbocycles. The van der Waals surface area contributed by atoms with Crippen molar-refractivity contribution in [1.82, 2.24) is 0 Å². The summed E-state index contributed by atoms with van der Waals surface area (Å²) in [6.45, 7) is 0. The molecular weight excluding hydrogens is 292 g/mol. The number of ketones is 1. The first-order valence-corrected chi connectivity index (χ1v) is 7.27. The highest BCUT2D eigenvalue weighted by Gasteiger charge is 2.29. The second-order valence-electron chi connectivity index (χ2n) is 5.06. The highest BCUT2D eigenvalue weighted by molar-refractivity contribution is 6.30. The number of anilines is 1. The maximum absolute atomic E-state index is 12.0. The summed E-state index contributed by atoms with van der Waals surface area (Å²) in [5.74, 6) is -0.573. The maximum atomic E-state index is 12.0. The first-order valence-electron chi connectivity index (χ1n) is 6.89. The predicted molar refractivity (Wildman–Crippen MR) is 80.9 cm³/mol. The third-order valence-electron chi connectivity index (χ3n) is 3.57. The monoisotopic (exact) mass is 308 g/mol. The molecule has 5 nitrogen and oxygen atoms in total. The van der Waals surface area contributed by atoms with Gasteiger partial charge in [0.15, 0.2) is 0 Å². The Bertz CT molecular complexity index is 555. The Labute approximate surface area is 128 Å². The number of amides is 1. The van der Waals surface area contributed by atoms with Crippen LogP contribution in [0.5, 0.6) is 0 Å². The number of hydrogen-bond donors (Lipinski definition) is 2. The van der Waals surface area contributed by atoms with Crippen molar-refractivity contribution >= 4 is 34.7 Å². The third kappa shape index (κ3) is 4.29. The molecule has 1 aromatic carbocycles. The van der Waals surface area contributed by atoms with Crippen molar-refractivity contribution in [1.29, 1.82) is 0 Å². The van der Waals surface area contributed by atoms with E-state index in [1.807, 2.05) is 0 Å². The molecule has 2 N–H and O–H groups in total. The molecule has 0 unspecified atom stereocenters. The van der Waals surface area contributed by atoms with E-state index in [-0.39, 0.29) is 30.4 Å². The molecule has 1 aliphatic rings. The Morgan fingerprint density at radius 1 is 1.29 bits per heavy atom. The Morgan fingerprint density at radius 3 is 2.67 bits per heavy atom. The minimum Gasteiger partial charge on any atom is -0.411 e. The summed E-state index contributed by atoms with van der Waals surface area (Å²) < 4.78 is 0. The van der Waals surface area contributed by atoms with Gasteiger partial charge in [0.25, 0.3) is 0 Å². The van der Waals surface area contributed by atoms with Crippen molar-refractivity contribution in [2.75, 3.05) is 5.32 Å². The summed E-state index contributed by atoms with van der Waals surface area (Å²) in [7, 11) is 0. The molecule has 0 saturated heterocycles. The Morgan fingerprint density at radius 2 is 2.00 bits per heavy atom. The quantitative estimate of drug-likeness (QED) is 0.647. The highest BCUT2D eigenvalue weighted by atomic mass is 35.5. The summed E-state index contributed by atoms with van der Waals surface area (Å²) in [4.78, 5) is 23.8.